The van der Waals surface area contributed by atoms with Crippen LogP contribution in [0.1, 0.15) is 19.4 Å². The fraction of sp³-hybridized carbons (Fsp3) is 0.417. The molecule has 2 heterocycles. The minimum atomic E-state index is -0.863. The Kier molecular flexibility index (Phi) is 3.18. The smallest absolute Gasteiger partial charge is 0.323 e. The van der Waals surface area contributed by atoms with Gasteiger partial charge < -0.3 is 10.0 Å². The summed E-state index contributed by atoms with van der Waals surface area (Å²) in [5, 5.41) is 13.1. The molecule has 2 aromatic rings. The van der Waals surface area contributed by atoms with Crippen LogP contribution < -0.4 is 4.90 Å². The van der Waals surface area contributed by atoms with E-state index < -0.39 is 5.97 Å². The number of pyridine rings is 1. The van der Waals surface area contributed by atoms with E-state index >= 15 is 0 Å². The number of aryl methyl sites for hydroxylation is 1. The normalized spacial score (nSPS) is 11.1. The van der Waals surface area contributed by atoms with Crippen molar-refractivity contribution in [2.45, 2.75) is 26.8 Å². The molecule has 6 nitrogen and oxygen atoms in total. The summed E-state index contributed by atoms with van der Waals surface area (Å²) >= 11 is 0. The van der Waals surface area contributed by atoms with E-state index in [9.17, 15) is 4.79 Å². The van der Waals surface area contributed by atoms with Gasteiger partial charge in [-0.1, -0.05) is 0 Å². The SMILES string of the molecule is Cc1cc(N(CC(=O)O)C(C)C)n2ncnc2c1. The van der Waals surface area contributed by atoms with E-state index in [4.69, 9.17) is 5.11 Å². The van der Waals surface area contributed by atoms with Gasteiger partial charge in [-0.3, -0.25) is 4.79 Å². The highest BCUT2D eigenvalue weighted by Gasteiger charge is 2.18. The average Bonchev–Trinajstić information content (AvgIpc) is 2.71. The largest absolute Gasteiger partial charge is 0.480 e. The van der Waals surface area contributed by atoms with Crippen molar-refractivity contribution in [3.8, 4) is 0 Å². The first-order chi connectivity index (χ1) is 8.49. The van der Waals surface area contributed by atoms with Gasteiger partial charge in [0.15, 0.2) is 5.65 Å². The number of aromatic nitrogens is 3. The molecule has 2 rings (SSSR count). The number of anilines is 1. The molecule has 0 bridgehead atoms. The molecule has 0 amide bonds. The van der Waals surface area contributed by atoms with Gasteiger partial charge in [0.1, 0.15) is 18.7 Å². The maximum atomic E-state index is 11.0. The first kappa shape index (κ1) is 12.3. The average molecular weight is 248 g/mol. The minimum Gasteiger partial charge on any atom is -0.480 e. The number of hydrogen-bond acceptors (Lipinski definition) is 4. The molecule has 18 heavy (non-hydrogen) atoms. The van der Waals surface area contributed by atoms with E-state index in [1.807, 2.05) is 32.9 Å². The Morgan fingerprint density at radius 1 is 1.50 bits per heavy atom. The highest BCUT2D eigenvalue weighted by Crippen LogP contribution is 2.19. The molecular weight excluding hydrogens is 232 g/mol. The summed E-state index contributed by atoms with van der Waals surface area (Å²) < 4.78 is 1.66. The summed E-state index contributed by atoms with van der Waals surface area (Å²) in [5.41, 5.74) is 1.75. The molecule has 0 saturated carbocycles. The number of nitrogens with zero attached hydrogens (tertiary/aromatic N) is 4. The summed E-state index contributed by atoms with van der Waals surface area (Å²) in [6, 6.07) is 3.90. The molecule has 0 unspecified atom stereocenters. The first-order valence-electron chi connectivity index (χ1n) is 5.78. The molecular formula is C12H16N4O2. The third kappa shape index (κ3) is 2.27. The van der Waals surface area contributed by atoms with E-state index in [-0.39, 0.29) is 12.6 Å². The van der Waals surface area contributed by atoms with Gasteiger partial charge in [0, 0.05) is 6.04 Å². The molecule has 0 radical (unpaired) electrons. The van der Waals surface area contributed by atoms with Gasteiger partial charge >= 0.3 is 5.97 Å². The van der Waals surface area contributed by atoms with Gasteiger partial charge in [0.05, 0.1) is 0 Å². The van der Waals surface area contributed by atoms with Crippen LogP contribution in [-0.4, -0.2) is 38.3 Å². The summed E-state index contributed by atoms with van der Waals surface area (Å²) in [4.78, 5) is 16.9. The molecule has 1 N–H and O–H groups in total. The number of fused-ring (bicyclic) bond motifs is 1. The number of aliphatic carboxylic acids is 1. The second-order valence-electron chi connectivity index (χ2n) is 4.54. The zero-order valence-electron chi connectivity index (χ0n) is 10.7. The van der Waals surface area contributed by atoms with Crippen molar-refractivity contribution in [2.75, 3.05) is 11.4 Å². The number of carboxylic acids is 1. The van der Waals surface area contributed by atoms with Gasteiger partial charge in [0.2, 0.25) is 0 Å². The first-order valence-corrected chi connectivity index (χ1v) is 5.78. The third-order valence-electron chi connectivity index (χ3n) is 2.73. The van der Waals surface area contributed by atoms with Crippen molar-refractivity contribution in [3.63, 3.8) is 0 Å². The summed E-state index contributed by atoms with van der Waals surface area (Å²) in [6.45, 7) is 5.80. The molecule has 2 aromatic heterocycles. The topological polar surface area (TPSA) is 70.7 Å². The molecule has 0 saturated heterocycles. The lowest BCUT2D eigenvalue weighted by atomic mass is 10.2. The Morgan fingerprint density at radius 2 is 2.22 bits per heavy atom. The quantitative estimate of drug-likeness (QED) is 0.884. The highest BCUT2D eigenvalue weighted by atomic mass is 16.4. The fourth-order valence-electron chi connectivity index (χ4n) is 1.91. The maximum Gasteiger partial charge on any atom is 0.323 e. The van der Waals surface area contributed by atoms with Crippen LogP contribution in [-0.2, 0) is 4.79 Å². The van der Waals surface area contributed by atoms with E-state index in [2.05, 4.69) is 10.1 Å². The van der Waals surface area contributed by atoms with Crippen LogP contribution in [0.3, 0.4) is 0 Å². The van der Waals surface area contributed by atoms with Gasteiger partial charge in [-0.25, -0.2) is 4.98 Å². The molecule has 6 heteroatoms. The number of hydrogen-bond donors (Lipinski definition) is 1. The third-order valence-corrected chi connectivity index (χ3v) is 2.73. The van der Waals surface area contributed by atoms with Crippen molar-refractivity contribution in [1.82, 2.24) is 14.6 Å². The van der Waals surface area contributed by atoms with Crippen LogP contribution in [0.15, 0.2) is 18.5 Å². The Labute approximate surface area is 105 Å². The van der Waals surface area contributed by atoms with Crippen LogP contribution in [0.25, 0.3) is 5.65 Å². The zero-order valence-corrected chi connectivity index (χ0v) is 10.7. The lowest BCUT2D eigenvalue weighted by Crippen LogP contribution is -2.37. The lowest BCUT2D eigenvalue weighted by Gasteiger charge is -2.27. The molecule has 0 atom stereocenters. The number of rotatable bonds is 4. The standard InChI is InChI=1S/C12H16N4O2/c1-8(2)15(6-12(17)18)11-5-9(3)4-10-13-7-14-16(10)11/h4-5,7-8H,6H2,1-3H3,(H,17,18). The summed E-state index contributed by atoms with van der Waals surface area (Å²) in [6.07, 6.45) is 1.47. The van der Waals surface area contributed by atoms with E-state index in [1.54, 1.807) is 9.42 Å². The fourth-order valence-corrected chi connectivity index (χ4v) is 1.91. The Bertz CT molecular complexity index is 576. The second-order valence-corrected chi connectivity index (χ2v) is 4.54. The Balaban J connectivity index is 2.55. The van der Waals surface area contributed by atoms with Gasteiger partial charge in [-0.05, 0) is 38.5 Å². The van der Waals surface area contributed by atoms with Crippen LogP contribution >= 0.6 is 0 Å². The lowest BCUT2D eigenvalue weighted by molar-refractivity contribution is -0.135. The summed E-state index contributed by atoms with van der Waals surface area (Å²) in [5.74, 6) is -0.113. The maximum absolute atomic E-state index is 11.0. The molecule has 0 fully saturated rings. The number of carbonyl (C=O) groups is 1. The van der Waals surface area contributed by atoms with E-state index in [0.29, 0.717) is 0 Å². The molecule has 0 aliphatic carbocycles. The monoisotopic (exact) mass is 248 g/mol. The van der Waals surface area contributed by atoms with Crippen molar-refractivity contribution >= 4 is 17.4 Å². The van der Waals surface area contributed by atoms with E-state index in [0.717, 1.165) is 17.0 Å². The molecule has 0 spiro atoms. The zero-order chi connectivity index (χ0) is 13.3. The van der Waals surface area contributed by atoms with Crippen LogP contribution in [0.2, 0.25) is 0 Å². The second kappa shape index (κ2) is 4.64. The minimum absolute atomic E-state index is 0.0594. The molecule has 0 aliphatic rings. The van der Waals surface area contributed by atoms with Crippen molar-refractivity contribution in [1.29, 1.82) is 0 Å². The van der Waals surface area contributed by atoms with Gasteiger partial charge in [-0.15, -0.1) is 0 Å². The van der Waals surface area contributed by atoms with Crippen molar-refractivity contribution in [2.24, 2.45) is 0 Å². The molecule has 0 aliphatic heterocycles. The Hall–Kier alpha value is -2.11. The van der Waals surface area contributed by atoms with Crippen molar-refractivity contribution < 1.29 is 9.90 Å². The predicted octanol–water partition coefficient (Wildman–Crippen LogP) is 1.34. The Morgan fingerprint density at radius 3 is 2.83 bits per heavy atom. The van der Waals surface area contributed by atoms with Gasteiger partial charge in [-0.2, -0.15) is 9.61 Å². The number of carboxylic acid groups (broad SMARTS) is 1. The van der Waals surface area contributed by atoms with Crippen molar-refractivity contribution in [3.05, 3.63) is 24.0 Å². The van der Waals surface area contributed by atoms with E-state index in [1.165, 1.54) is 6.33 Å². The van der Waals surface area contributed by atoms with Crippen LogP contribution in [0, 0.1) is 6.92 Å². The molecule has 96 valence electrons. The predicted molar refractivity (Wildman–Crippen MR) is 67.8 cm³/mol. The summed E-state index contributed by atoms with van der Waals surface area (Å²) in [7, 11) is 0. The van der Waals surface area contributed by atoms with Crippen LogP contribution in [0.4, 0.5) is 5.82 Å². The highest BCUT2D eigenvalue weighted by molar-refractivity contribution is 5.73. The van der Waals surface area contributed by atoms with Crippen LogP contribution in [0.5, 0.6) is 0 Å². The van der Waals surface area contributed by atoms with Gasteiger partial charge in [0.25, 0.3) is 0 Å². The molecule has 0 aromatic carbocycles.